The van der Waals surface area contributed by atoms with E-state index in [1.165, 1.54) is 32.1 Å². The Bertz CT molecular complexity index is 226. The molecule has 0 aliphatic heterocycles. The quantitative estimate of drug-likeness (QED) is 0.540. The lowest BCUT2D eigenvalue weighted by atomic mass is 9.69. The number of hydrogen-bond donors (Lipinski definition) is 0. The van der Waals surface area contributed by atoms with E-state index in [1.807, 2.05) is 0 Å². The third kappa shape index (κ3) is 1.53. The molecule has 2 aliphatic rings. The van der Waals surface area contributed by atoms with Crippen molar-refractivity contribution in [3.8, 4) is 0 Å². The Labute approximate surface area is 88.8 Å². The molecule has 0 radical (unpaired) electrons. The maximum Gasteiger partial charge on any atom is -0.00897 e. The Hall–Kier alpha value is -0.260. The Morgan fingerprint density at radius 2 is 2.07 bits per heavy atom. The summed E-state index contributed by atoms with van der Waals surface area (Å²) in [5, 5.41) is 0. The van der Waals surface area contributed by atoms with Crippen LogP contribution in [0.2, 0.25) is 0 Å². The van der Waals surface area contributed by atoms with Crippen molar-refractivity contribution in [2.45, 2.75) is 52.9 Å². The third-order valence-electron chi connectivity index (χ3n) is 4.81. The first-order valence-electron chi connectivity index (χ1n) is 6.33. The van der Waals surface area contributed by atoms with E-state index in [1.54, 1.807) is 0 Å². The molecule has 0 heteroatoms. The molecule has 0 saturated heterocycles. The molecule has 0 aromatic heterocycles. The van der Waals surface area contributed by atoms with Crippen LogP contribution in [-0.4, -0.2) is 0 Å². The van der Waals surface area contributed by atoms with Crippen LogP contribution >= 0.6 is 0 Å². The monoisotopic (exact) mass is 192 g/mol. The minimum absolute atomic E-state index is 0.604. The molecule has 0 aromatic carbocycles. The van der Waals surface area contributed by atoms with Crippen LogP contribution in [-0.2, 0) is 0 Å². The molecular weight excluding hydrogens is 168 g/mol. The molecule has 1 fully saturated rings. The van der Waals surface area contributed by atoms with Crippen LogP contribution in [0, 0.1) is 23.2 Å². The summed E-state index contributed by atoms with van der Waals surface area (Å²) in [5.74, 6) is 2.76. The van der Waals surface area contributed by atoms with Gasteiger partial charge in [0.2, 0.25) is 0 Å². The fraction of sp³-hybridized carbons (Fsp3) is 0.857. The molecule has 0 heterocycles. The molecule has 0 aromatic rings. The average molecular weight is 192 g/mol. The molecule has 0 bridgehead atoms. The van der Waals surface area contributed by atoms with E-state index < -0.39 is 0 Å². The summed E-state index contributed by atoms with van der Waals surface area (Å²) in [6.07, 6.45) is 12.1. The normalized spacial score (nSPS) is 42.6. The van der Waals surface area contributed by atoms with Gasteiger partial charge >= 0.3 is 0 Å². The van der Waals surface area contributed by atoms with E-state index in [0.717, 1.165) is 17.8 Å². The zero-order chi connectivity index (χ0) is 10.2. The van der Waals surface area contributed by atoms with E-state index in [-0.39, 0.29) is 0 Å². The van der Waals surface area contributed by atoms with E-state index in [9.17, 15) is 0 Å². The van der Waals surface area contributed by atoms with Gasteiger partial charge in [-0.2, -0.15) is 0 Å². The number of allylic oxidation sites excluding steroid dienone is 2. The van der Waals surface area contributed by atoms with Crippen molar-refractivity contribution >= 4 is 0 Å². The SMILES string of the molecule is CC(C)C1CCC2(C=CCCC2)C1C. The van der Waals surface area contributed by atoms with Gasteiger partial charge in [0.25, 0.3) is 0 Å². The van der Waals surface area contributed by atoms with Crippen molar-refractivity contribution in [3.63, 3.8) is 0 Å². The predicted molar refractivity (Wildman–Crippen MR) is 62.2 cm³/mol. The molecule has 3 unspecified atom stereocenters. The molecule has 0 amide bonds. The molecule has 2 rings (SSSR count). The Morgan fingerprint density at radius 1 is 1.29 bits per heavy atom. The zero-order valence-corrected chi connectivity index (χ0v) is 9.92. The highest BCUT2D eigenvalue weighted by atomic mass is 14.5. The van der Waals surface area contributed by atoms with Crippen LogP contribution in [0.3, 0.4) is 0 Å². The van der Waals surface area contributed by atoms with Crippen molar-refractivity contribution in [1.29, 1.82) is 0 Å². The molecular formula is C14H24. The zero-order valence-electron chi connectivity index (χ0n) is 9.92. The smallest absolute Gasteiger partial charge is 0.00897 e. The minimum atomic E-state index is 0.604. The van der Waals surface area contributed by atoms with Crippen LogP contribution in [0.1, 0.15) is 52.9 Å². The third-order valence-corrected chi connectivity index (χ3v) is 4.81. The van der Waals surface area contributed by atoms with Gasteiger partial charge in [0.15, 0.2) is 0 Å². The molecule has 80 valence electrons. The van der Waals surface area contributed by atoms with Crippen LogP contribution in [0.5, 0.6) is 0 Å². The topological polar surface area (TPSA) is 0 Å². The number of hydrogen-bond acceptors (Lipinski definition) is 0. The minimum Gasteiger partial charge on any atom is -0.0880 e. The van der Waals surface area contributed by atoms with Gasteiger partial charge in [-0.05, 0) is 55.3 Å². The van der Waals surface area contributed by atoms with Gasteiger partial charge in [0.1, 0.15) is 0 Å². The standard InChI is InChI=1S/C14H24/c1-11(2)13-7-10-14(12(13)3)8-5-4-6-9-14/h5,8,11-13H,4,6-7,9-10H2,1-3H3. The second-order valence-electron chi connectivity index (χ2n) is 5.76. The first kappa shape index (κ1) is 10.3. The second-order valence-corrected chi connectivity index (χ2v) is 5.76. The van der Waals surface area contributed by atoms with Gasteiger partial charge in [-0.15, -0.1) is 0 Å². The highest BCUT2D eigenvalue weighted by molar-refractivity contribution is 5.10. The van der Waals surface area contributed by atoms with E-state index >= 15 is 0 Å². The maximum absolute atomic E-state index is 2.56. The van der Waals surface area contributed by atoms with Crippen molar-refractivity contribution in [3.05, 3.63) is 12.2 Å². The van der Waals surface area contributed by atoms with Crippen LogP contribution in [0.25, 0.3) is 0 Å². The molecule has 2 aliphatic carbocycles. The van der Waals surface area contributed by atoms with Crippen LogP contribution in [0.4, 0.5) is 0 Å². The highest BCUT2D eigenvalue weighted by Gasteiger charge is 2.44. The molecule has 1 saturated carbocycles. The van der Waals surface area contributed by atoms with Gasteiger partial charge in [0, 0.05) is 0 Å². The molecule has 0 N–H and O–H groups in total. The van der Waals surface area contributed by atoms with Gasteiger partial charge in [0.05, 0.1) is 0 Å². The fourth-order valence-corrected chi connectivity index (χ4v) is 3.79. The Morgan fingerprint density at radius 3 is 2.57 bits per heavy atom. The Kier molecular flexibility index (Phi) is 2.72. The molecule has 3 atom stereocenters. The second kappa shape index (κ2) is 3.72. The number of rotatable bonds is 1. The van der Waals surface area contributed by atoms with Crippen molar-refractivity contribution < 1.29 is 0 Å². The maximum atomic E-state index is 2.56. The largest absolute Gasteiger partial charge is 0.0880 e. The van der Waals surface area contributed by atoms with Gasteiger partial charge in [-0.25, -0.2) is 0 Å². The van der Waals surface area contributed by atoms with Crippen LogP contribution in [0.15, 0.2) is 12.2 Å². The van der Waals surface area contributed by atoms with E-state index in [2.05, 4.69) is 32.9 Å². The highest BCUT2D eigenvalue weighted by Crippen LogP contribution is 2.54. The van der Waals surface area contributed by atoms with Crippen molar-refractivity contribution in [2.24, 2.45) is 23.2 Å². The summed E-state index contributed by atoms with van der Waals surface area (Å²) in [6.45, 7) is 7.28. The molecule has 1 spiro atoms. The van der Waals surface area contributed by atoms with E-state index in [0.29, 0.717) is 5.41 Å². The van der Waals surface area contributed by atoms with Crippen molar-refractivity contribution in [1.82, 2.24) is 0 Å². The van der Waals surface area contributed by atoms with Gasteiger partial charge < -0.3 is 0 Å². The van der Waals surface area contributed by atoms with Gasteiger partial charge in [-0.3, -0.25) is 0 Å². The van der Waals surface area contributed by atoms with Gasteiger partial charge in [-0.1, -0.05) is 32.9 Å². The lowest BCUT2D eigenvalue weighted by Crippen LogP contribution is -2.27. The first-order valence-corrected chi connectivity index (χ1v) is 6.33. The summed E-state index contributed by atoms with van der Waals surface area (Å²) in [4.78, 5) is 0. The lowest BCUT2D eigenvalue weighted by molar-refractivity contribution is 0.194. The van der Waals surface area contributed by atoms with E-state index in [4.69, 9.17) is 0 Å². The summed E-state index contributed by atoms with van der Waals surface area (Å²) in [5.41, 5.74) is 0.604. The van der Waals surface area contributed by atoms with Crippen LogP contribution < -0.4 is 0 Å². The first-order chi connectivity index (χ1) is 6.66. The van der Waals surface area contributed by atoms with Crippen molar-refractivity contribution in [2.75, 3.05) is 0 Å². The summed E-state index contributed by atoms with van der Waals surface area (Å²) >= 11 is 0. The summed E-state index contributed by atoms with van der Waals surface area (Å²) < 4.78 is 0. The Balaban J connectivity index is 2.15. The summed E-state index contributed by atoms with van der Waals surface area (Å²) in [6, 6.07) is 0. The molecule has 14 heavy (non-hydrogen) atoms. The average Bonchev–Trinajstić information content (AvgIpc) is 2.46. The molecule has 0 nitrogen and oxygen atoms in total. The summed E-state index contributed by atoms with van der Waals surface area (Å²) in [7, 11) is 0. The fourth-order valence-electron chi connectivity index (χ4n) is 3.79. The lowest BCUT2D eigenvalue weighted by Gasteiger charge is -2.36. The predicted octanol–water partition coefficient (Wildman–Crippen LogP) is 4.42.